The van der Waals surface area contributed by atoms with Crippen molar-refractivity contribution in [3.05, 3.63) is 23.4 Å². The van der Waals surface area contributed by atoms with Crippen molar-refractivity contribution in [2.24, 2.45) is 0 Å². The number of carbonyl (C=O) groups is 1. The number of rotatable bonds is 2. The van der Waals surface area contributed by atoms with Crippen molar-refractivity contribution < 1.29 is 4.79 Å². The van der Waals surface area contributed by atoms with Gasteiger partial charge in [0.2, 0.25) is 0 Å². The fourth-order valence-corrected chi connectivity index (χ4v) is 0.920. The van der Waals surface area contributed by atoms with E-state index in [9.17, 15) is 4.79 Å². The summed E-state index contributed by atoms with van der Waals surface area (Å²) < 4.78 is 0. The molecule has 0 fully saturated rings. The van der Waals surface area contributed by atoms with E-state index < -0.39 is 0 Å². The summed E-state index contributed by atoms with van der Waals surface area (Å²) >= 11 is 0. The lowest BCUT2D eigenvalue weighted by molar-refractivity contribution is 0.112. The zero-order valence-corrected chi connectivity index (χ0v) is 7.53. The average molecular weight is 164 g/mol. The second kappa shape index (κ2) is 3.34. The maximum atomic E-state index is 10.5. The van der Waals surface area contributed by atoms with Crippen LogP contribution in [0.5, 0.6) is 0 Å². The first-order valence-corrected chi connectivity index (χ1v) is 3.74. The van der Waals surface area contributed by atoms with Gasteiger partial charge in [0.25, 0.3) is 0 Å². The molecule has 1 aromatic heterocycles. The molecule has 12 heavy (non-hydrogen) atoms. The summed E-state index contributed by atoms with van der Waals surface area (Å²) in [5, 5.41) is 0. The maximum Gasteiger partial charge on any atom is 0.151 e. The average Bonchev–Trinajstić information content (AvgIpc) is 2.04. The summed E-state index contributed by atoms with van der Waals surface area (Å²) in [6.45, 7) is 1.90. The molecule has 0 unspecified atom stereocenters. The van der Waals surface area contributed by atoms with Gasteiger partial charge in [0.1, 0.15) is 5.82 Å². The predicted molar refractivity (Wildman–Crippen MR) is 48.7 cm³/mol. The summed E-state index contributed by atoms with van der Waals surface area (Å²) in [7, 11) is 3.84. The van der Waals surface area contributed by atoms with Crippen LogP contribution in [0.2, 0.25) is 0 Å². The van der Waals surface area contributed by atoms with Crippen molar-refractivity contribution in [1.82, 2.24) is 4.98 Å². The van der Waals surface area contributed by atoms with E-state index in [1.165, 1.54) is 0 Å². The third-order valence-corrected chi connectivity index (χ3v) is 1.72. The number of carbonyl (C=O) groups excluding carboxylic acids is 1. The van der Waals surface area contributed by atoms with Crippen LogP contribution in [0.15, 0.2) is 12.3 Å². The molecular weight excluding hydrogens is 152 g/mol. The Bertz CT molecular complexity index is 295. The Kier molecular flexibility index (Phi) is 2.43. The van der Waals surface area contributed by atoms with Crippen molar-refractivity contribution >= 4 is 12.1 Å². The van der Waals surface area contributed by atoms with Crippen molar-refractivity contribution in [1.29, 1.82) is 0 Å². The number of hydrogen-bond donors (Lipinski definition) is 0. The minimum atomic E-state index is 0.653. The lowest BCUT2D eigenvalue weighted by Gasteiger charge is -2.11. The van der Waals surface area contributed by atoms with E-state index in [4.69, 9.17) is 0 Å². The minimum absolute atomic E-state index is 0.653. The highest BCUT2D eigenvalue weighted by Gasteiger charge is 2.00. The lowest BCUT2D eigenvalue weighted by Crippen LogP contribution is -2.11. The van der Waals surface area contributed by atoms with E-state index in [1.54, 1.807) is 6.20 Å². The molecule has 0 spiro atoms. The normalized spacial score (nSPS) is 9.58. The second-order valence-electron chi connectivity index (χ2n) is 2.91. The van der Waals surface area contributed by atoms with Gasteiger partial charge in [0.05, 0.1) is 0 Å². The van der Waals surface area contributed by atoms with E-state index in [1.807, 2.05) is 32.0 Å². The Hall–Kier alpha value is -1.38. The quantitative estimate of drug-likeness (QED) is 0.617. The van der Waals surface area contributed by atoms with Crippen molar-refractivity contribution in [3.8, 4) is 0 Å². The van der Waals surface area contributed by atoms with Crippen LogP contribution in [0.4, 0.5) is 5.82 Å². The SMILES string of the molecule is Cc1cc(N(C)C)ncc1C=O. The molecule has 0 aliphatic heterocycles. The number of aryl methyl sites for hydroxylation is 1. The molecule has 1 aromatic rings. The van der Waals surface area contributed by atoms with Gasteiger partial charge in [0.15, 0.2) is 6.29 Å². The second-order valence-corrected chi connectivity index (χ2v) is 2.91. The Morgan fingerprint density at radius 2 is 2.17 bits per heavy atom. The molecule has 0 aliphatic carbocycles. The van der Waals surface area contributed by atoms with E-state index in [0.717, 1.165) is 17.7 Å². The summed E-state index contributed by atoms with van der Waals surface area (Å²) in [5.41, 5.74) is 1.62. The Balaban J connectivity index is 3.10. The summed E-state index contributed by atoms with van der Waals surface area (Å²) in [4.78, 5) is 16.5. The van der Waals surface area contributed by atoms with Gasteiger partial charge < -0.3 is 4.90 Å². The first kappa shape index (κ1) is 8.71. The van der Waals surface area contributed by atoms with Gasteiger partial charge in [-0.1, -0.05) is 0 Å². The number of aromatic nitrogens is 1. The van der Waals surface area contributed by atoms with Crippen LogP contribution in [-0.2, 0) is 0 Å². The fourth-order valence-electron chi connectivity index (χ4n) is 0.920. The molecule has 0 saturated carbocycles. The number of pyridine rings is 1. The van der Waals surface area contributed by atoms with Crippen LogP contribution in [0.1, 0.15) is 15.9 Å². The van der Waals surface area contributed by atoms with Crippen LogP contribution in [0, 0.1) is 6.92 Å². The van der Waals surface area contributed by atoms with E-state index in [-0.39, 0.29) is 0 Å². The maximum absolute atomic E-state index is 10.5. The van der Waals surface area contributed by atoms with Crippen LogP contribution in [-0.4, -0.2) is 25.4 Å². The van der Waals surface area contributed by atoms with Gasteiger partial charge in [-0.05, 0) is 18.6 Å². The molecule has 0 aliphatic rings. The van der Waals surface area contributed by atoms with Crippen LogP contribution >= 0.6 is 0 Å². The molecule has 1 rings (SSSR count). The molecule has 1 heterocycles. The van der Waals surface area contributed by atoms with E-state index in [0.29, 0.717) is 5.56 Å². The highest BCUT2D eigenvalue weighted by molar-refractivity contribution is 5.77. The van der Waals surface area contributed by atoms with Crippen LogP contribution in [0.25, 0.3) is 0 Å². The number of nitrogens with zero attached hydrogens (tertiary/aromatic N) is 2. The van der Waals surface area contributed by atoms with Gasteiger partial charge >= 0.3 is 0 Å². The molecule has 3 nitrogen and oxygen atoms in total. The van der Waals surface area contributed by atoms with Crippen molar-refractivity contribution in [3.63, 3.8) is 0 Å². The zero-order valence-electron chi connectivity index (χ0n) is 7.53. The molecular formula is C9H12N2O. The summed E-state index contributed by atoms with van der Waals surface area (Å²) in [6, 6.07) is 1.89. The van der Waals surface area contributed by atoms with Crippen LogP contribution < -0.4 is 4.90 Å². The fraction of sp³-hybridized carbons (Fsp3) is 0.333. The summed E-state index contributed by atoms with van der Waals surface area (Å²) in [6.07, 6.45) is 2.42. The van der Waals surface area contributed by atoms with E-state index >= 15 is 0 Å². The Morgan fingerprint density at radius 1 is 1.50 bits per heavy atom. The third-order valence-electron chi connectivity index (χ3n) is 1.72. The molecule has 0 N–H and O–H groups in total. The third kappa shape index (κ3) is 1.61. The highest BCUT2D eigenvalue weighted by atomic mass is 16.1. The Labute approximate surface area is 72.0 Å². The van der Waals surface area contributed by atoms with Gasteiger partial charge in [-0.2, -0.15) is 0 Å². The monoisotopic (exact) mass is 164 g/mol. The highest BCUT2D eigenvalue weighted by Crippen LogP contribution is 2.11. The van der Waals surface area contributed by atoms with Gasteiger partial charge in [0, 0.05) is 25.9 Å². The van der Waals surface area contributed by atoms with Gasteiger partial charge in [-0.3, -0.25) is 4.79 Å². The smallest absolute Gasteiger partial charge is 0.151 e. The molecule has 64 valence electrons. The lowest BCUT2D eigenvalue weighted by atomic mass is 10.2. The molecule has 0 saturated heterocycles. The molecule has 0 atom stereocenters. The number of hydrogen-bond acceptors (Lipinski definition) is 3. The molecule has 3 heteroatoms. The first-order chi connectivity index (χ1) is 5.65. The largest absolute Gasteiger partial charge is 0.363 e. The molecule has 0 amide bonds. The number of aldehydes is 1. The standard InChI is InChI=1S/C9H12N2O/c1-7-4-9(11(2)3)10-5-8(7)6-12/h4-6H,1-3H3. The van der Waals surface area contributed by atoms with Crippen LogP contribution in [0.3, 0.4) is 0 Å². The van der Waals surface area contributed by atoms with Crippen molar-refractivity contribution in [2.75, 3.05) is 19.0 Å². The van der Waals surface area contributed by atoms with Gasteiger partial charge in [-0.15, -0.1) is 0 Å². The minimum Gasteiger partial charge on any atom is -0.363 e. The van der Waals surface area contributed by atoms with Crippen molar-refractivity contribution in [2.45, 2.75) is 6.92 Å². The summed E-state index contributed by atoms with van der Waals surface area (Å²) in [5.74, 6) is 0.873. The molecule has 0 bridgehead atoms. The molecule has 0 aromatic carbocycles. The van der Waals surface area contributed by atoms with E-state index in [2.05, 4.69) is 4.98 Å². The Morgan fingerprint density at radius 3 is 2.58 bits per heavy atom. The predicted octanol–water partition coefficient (Wildman–Crippen LogP) is 1.27. The zero-order chi connectivity index (χ0) is 9.14. The topological polar surface area (TPSA) is 33.2 Å². The molecule has 0 radical (unpaired) electrons. The van der Waals surface area contributed by atoms with Gasteiger partial charge in [-0.25, -0.2) is 4.98 Å². The first-order valence-electron chi connectivity index (χ1n) is 3.74. The number of anilines is 1.